The van der Waals surface area contributed by atoms with Gasteiger partial charge in [0.1, 0.15) is 11.8 Å². The van der Waals surface area contributed by atoms with Gasteiger partial charge in [0.2, 0.25) is 5.91 Å². The van der Waals surface area contributed by atoms with Crippen LogP contribution in [-0.2, 0) is 11.2 Å². The molecule has 0 aliphatic carbocycles. The predicted molar refractivity (Wildman–Crippen MR) is 93.5 cm³/mol. The lowest BCUT2D eigenvalue weighted by Crippen LogP contribution is -2.51. The fourth-order valence-electron chi connectivity index (χ4n) is 2.99. The average molecular weight is 350 g/mol. The van der Waals surface area contributed by atoms with E-state index in [1.54, 1.807) is 6.07 Å². The molecular weight excluding hydrogens is 330 g/mol. The zero-order valence-electron chi connectivity index (χ0n) is 13.7. The topological polar surface area (TPSA) is 83.4 Å². The minimum Gasteiger partial charge on any atom is -0.459 e. The summed E-state index contributed by atoms with van der Waals surface area (Å²) in [6.07, 6.45) is 2.23. The molecule has 3 amide bonds. The number of rotatable bonds is 3. The van der Waals surface area contributed by atoms with Crippen molar-refractivity contribution >= 4 is 40.2 Å². The molecule has 1 unspecified atom stereocenters. The molecule has 2 heterocycles. The molecule has 1 aromatic carbocycles. The van der Waals surface area contributed by atoms with Crippen LogP contribution in [0.5, 0.6) is 0 Å². The monoisotopic (exact) mass is 349 g/mol. The summed E-state index contributed by atoms with van der Waals surface area (Å²) in [5, 5.41) is 9.57. The van der Waals surface area contributed by atoms with Crippen LogP contribution in [0.15, 0.2) is 16.5 Å². The van der Waals surface area contributed by atoms with Crippen LogP contribution in [0.3, 0.4) is 0 Å². The highest BCUT2D eigenvalue weighted by Crippen LogP contribution is 2.34. The van der Waals surface area contributed by atoms with Gasteiger partial charge in [0, 0.05) is 23.4 Å². The Kier molecular flexibility index (Phi) is 4.66. The highest BCUT2D eigenvalue weighted by Gasteiger charge is 2.24. The number of furan rings is 1. The molecule has 24 heavy (non-hydrogen) atoms. The van der Waals surface area contributed by atoms with Crippen LogP contribution in [-0.4, -0.2) is 24.5 Å². The van der Waals surface area contributed by atoms with Gasteiger partial charge in [-0.25, -0.2) is 4.79 Å². The Bertz CT molecular complexity index is 800. The van der Waals surface area contributed by atoms with Crippen molar-refractivity contribution in [3.8, 4) is 0 Å². The van der Waals surface area contributed by atoms with Gasteiger partial charge >= 0.3 is 6.03 Å². The van der Waals surface area contributed by atoms with Gasteiger partial charge in [-0.1, -0.05) is 18.5 Å². The first kappa shape index (κ1) is 16.6. The van der Waals surface area contributed by atoms with Crippen molar-refractivity contribution in [2.75, 3.05) is 11.9 Å². The molecule has 0 bridgehead atoms. The summed E-state index contributed by atoms with van der Waals surface area (Å²) in [6.45, 7) is 4.63. The van der Waals surface area contributed by atoms with Gasteiger partial charge in [-0.3, -0.25) is 4.79 Å². The Hall–Kier alpha value is -2.21. The molecule has 3 N–H and O–H groups in total. The normalized spacial score (nSPS) is 17.6. The van der Waals surface area contributed by atoms with Crippen molar-refractivity contribution in [2.45, 2.75) is 39.2 Å². The van der Waals surface area contributed by atoms with Crippen molar-refractivity contribution < 1.29 is 14.0 Å². The van der Waals surface area contributed by atoms with E-state index in [-0.39, 0.29) is 5.91 Å². The number of carbonyl (C=O) groups excluding carboxylic acids is 2. The van der Waals surface area contributed by atoms with Gasteiger partial charge in [0.05, 0.1) is 5.69 Å². The maximum absolute atomic E-state index is 12.3. The highest BCUT2D eigenvalue weighted by atomic mass is 35.5. The molecule has 1 atom stereocenters. The summed E-state index contributed by atoms with van der Waals surface area (Å²) in [6, 6.07) is 2.50. The van der Waals surface area contributed by atoms with Crippen molar-refractivity contribution in [2.24, 2.45) is 0 Å². The van der Waals surface area contributed by atoms with E-state index in [2.05, 4.69) is 16.0 Å². The number of halogens is 1. The first-order valence-electron chi connectivity index (χ1n) is 8.06. The molecule has 1 aromatic heterocycles. The van der Waals surface area contributed by atoms with Crippen LogP contribution in [0.2, 0.25) is 5.02 Å². The highest BCUT2D eigenvalue weighted by molar-refractivity contribution is 6.32. The van der Waals surface area contributed by atoms with Crippen molar-refractivity contribution in [3.05, 3.63) is 28.5 Å². The van der Waals surface area contributed by atoms with Crippen LogP contribution >= 0.6 is 11.6 Å². The number of piperidine rings is 1. The summed E-state index contributed by atoms with van der Waals surface area (Å²) in [7, 11) is 0. The van der Waals surface area contributed by atoms with Gasteiger partial charge in [-0.05, 0) is 37.5 Å². The van der Waals surface area contributed by atoms with E-state index < -0.39 is 12.1 Å². The number of aryl methyl sites for hydroxylation is 2. The van der Waals surface area contributed by atoms with Gasteiger partial charge in [-0.2, -0.15) is 0 Å². The van der Waals surface area contributed by atoms with Crippen molar-refractivity contribution in [3.63, 3.8) is 0 Å². The second-order valence-corrected chi connectivity index (χ2v) is 6.35. The van der Waals surface area contributed by atoms with E-state index in [9.17, 15) is 9.59 Å². The van der Waals surface area contributed by atoms with Gasteiger partial charge in [0.15, 0.2) is 5.58 Å². The van der Waals surface area contributed by atoms with E-state index in [0.717, 1.165) is 29.6 Å². The number of anilines is 1. The molecule has 6 nitrogen and oxygen atoms in total. The molecule has 2 aromatic rings. The number of fused-ring (bicyclic) bond motifs is 1. The average Bonchev–Trinajstić information content (AvgIpc) is 2.86. The van der Waals surface area contributed by atoms with Gasteiger partial charge < -0.3 is 20.4 Å². The number of amides is 3. The lowest BCUT2D eigenvalue weighted by molar-refractivity contribution is -0.124. The summed E-state index contributed by atoms with van der Waals surface area (Å²) in [4.78, 5) is 24.0. The van der Waals surface area contributed by atoms with E-state index in [1.807, 2.05) is 19.9 Å². The molecule has 0 radical (unpaired) electrons. The fraction of sp³-hybridized carbons (Fsp3) is 0.412. The maximum atomic E-state index is 12.3. The first-order valence-corrected chi connectivity index (χ1v) is 8.44. The quantitative estimate of drug-likeness (QED) is 0.794. The predicted octanol–water partition coefficient (Wildman–Crippen LogP) is 3.36. The molecule has 0 spiro atoms. The summed E-state index contributed by atoms with van der Waals surface area (Å²) in [5.41, 5.74) is 2.11. The van der Waals surface area contributed by atoms with Crippen LogP contribution in [0.4, 0.5) is 10.5 Å². The summed E-state index contributed by atoms with van der Waals surface area (Å²) < 4.78 is 5.87. The van der Waals surface area contributed by atoms with Crippen LogP contribution in [0.25, 0.3) is 11.0 Å². The molecular formula is C17H20ClN3O3. The Morgan fingerprint density at radius 3 is 2.96 bits per heavy atom. The number of urea groups is 1. The molecule has 128 valence electrons. The van der Waals surface area contributed by atoms with Crippen molar-refractivity contribution in [1.29, 1.82) is 0 Å². The zero-order chi connectivity index (χ0) is 17.3. The third kappa shape index (κ3) is 3.19. The standard InChI is InChI=1S/C17H20ClN3O3/c1-3-14-9(2)11-7-10(18)8-13(15(11)24-14)21-17(23)20-12-5-4-6-19-16(12)22/h7-8,12H,3-6H2,1-2H3,(H,19,22)(H2,20,21,23). The van der Waals surface area contributed by atoms with Gasteiger partial charge in [0.25, 0.3) is 0 Å². The smallest absolute Gasteiger partial charge is 0.319 e. The zero-order valence-corrected chi connectivity index (χ0v) is 14.4. The Labute approximate surface area is 144 Å². The molecule has 1 fully saturated rings. The minimum absolute atomic E-state index is 0.158. The van der Waals surface area contributed by atoms with Crippen LogP contribution < -0.4 is 16.0 Å². The van der Waals surface area contributed by atoms with E-state index >= 15 is 0 Å². The second-order valence-electron chi connectivity index (χ2n) is 5.92. The number of nitrogens with one attached hydrogen (secondary N) is 3. The number of hydrogen-bond donors (Lipinski definition) is 3. The molecule has 1 aliphatic heterocycles. The molecule has 1 saturated heterocycles. The SMILES string of the molecule is CCc1oc2c(NC(=O)NC3CCCNC3=O)cc(Cl)cc2c1C. The third-order valence-electron chi connectivity index (χ3n) is 4.26. The largest absolute Gasteiger partial charge is 0.459 e. The molecule has 3 rings (SSSR count). The Balaban J connectivity index is 1.84. The van der Waals surface area contributed by atoms with Crippen LogP contribution in [0, 0.1) is 6.92 Å². The lowest BCUT2D eigenvalue weighted by Gasteiger charge is -2.22. The number of hydrogen-bond acceptors (Lipinski definition) is 3. The number of carbonyl (C=O) groups is 2. The second kappa shape index (κ2) is 6.73. The maximum Gasteiger partial charge on any atom is 0.319 e. The third-order valence-corrected chi connectivity index (χ3v) is 4.48. The van der Waals surface area contributed by atoms with Gasteiger partial charge in [-0.15, -0.1) is 0 Å². The van der Waals surface area contributed by atoms with E-state index in [1.165, 1.54) is 0 Å². The van der Waals surface area contributed by atoms with E-state index in [4.69, 9.17) is 16.0 Å². The van der Waals surface area contributed by atoms with Crippen molar-refractivity contribution in [1.82, 2.24) is 10.6 Å². The molecule has 1 aliphatic rings. The fourth-order valence-corrected chi connectivity index (χ4v) is 3.21. The lowest BCUT2D eigenvalue weighted by atomic mass is 10.1. The first-order chi connectivity index (χ1) is 11.5. The molecule has 0 saturated carbocycles. The summed E-state index contributed by atoms with van der Waals surface area (Å²) in [5.74, 6) is 0.706. The molecule has 7 heteroatoms. The van der Waals surface area contributed by atoms with E-state index in [0.29, 0.717) is 29.3 Å². The number of benzene rings is 1. The Morgan fingerprint density at radius 2 is 2.25 bits per heavy atom. The Morgan fingerprint density at radius 1 is 1.46 bits per heavy atom. The van der Waals surface area contributed by atoms with Crippen LogP contribution in [0.1, 0.15) is 31.1 Å². The summed E-state index contributed by atoms with van der Waals surface area (Å²) >= 11 is 6.17. The minimum atomic E-state index is -0.516.